The molecule has 3 rings (SSSR count). The Morgan fingerprint density at radius 2 is 1.94 bits per heavy atom. The van der Waals surface area contributed by atoms with Crippen LogP contribution in [0.2, 0.25) is 0 Å². The number of imidazole rings is 1. The third-order valence-electron chi connectivity index (χ3n) is 2.71. The molecule has 0 fully saturated rings. The van der Waals surface area contributed by atoms with Crippen molar-refractivity contribution >= 4 is 18.3 Å². The zero-order valence-corrected chi connectivity index (χ0v) is 10.5. The molecule has 0 amide bonds. The Kier molecular flexibility index (Phi) is 2.56. The Morgan fingerprint density at radius 3 is 2.67 bits per heavy atom. The molecule has 0 N–H and O–H groups in total. The van der Waals surface area contributed by atoms with Gasteiger partial charge in [0, 0.05) is 5.56 Å². The van der Waals surface area contributed by atoms with Gasteiger partial charge in [0.25, 0.3) is 0 Å². The zero-order valence-electron chi connectivity index (χ0n) is 9.63. The summed E-state index contributed by atoms with van der Waals surface area (Å²) in [6.45, 7) is 1.90. The van der Waals surface area contributed by atoms with E-state index in [-0.39, 0.29) is 5.82 Å². The Labute approximate surface area is 109 Å². The first-order valence-electron chi connectivity index (χ1n) is 5.45. The average Bonchev–Trinajstić information content (AvgIpc) is 2.74. The fraction of sp³-hybridized carbons (Fsp3) is 0.0769. The van der Waals surface area contributed by atoms with Crippen LogP contribution in [0.25, 0.3) is 16.9 Å². The topological polar surface area (TPSA) is 30.2 Å². The standard InChI is InChI=1S/C13H10FN3S/c1-8-6-12(18)13-15-7-11(17(13)16-8)9-2-4-10(14)5-3-9/h2-7,18H,1H3. The second-order valence-electron chi connectivity index (χ2n) is 4.06. The van der Waals surface area contributed by atoms with Gasteiger partial charge < -0.3 is 0 Å². The highest BCUT2D eigenvalue weighted by Gasteiger charge is 2.09. The van der Waals surface area contributed by atoms with Crippen molar-refractivity contribution in [3.63, 3.8) is 0 Å². The molecule has 5 heteroatoms. The second kappa shape index (κ2) is 4.10. The molecular formula is C13H10FN3S. The Morgan fingerprint density at radius 1 is 1.22 bits per heavy atom. The predicted molar refractivity (Wildman–Crippen MR) is 70.4 cm³/mol. The van der Waals surface area contributed by atoms with Crippen molar-refractivity contribution in [2.45, 2.75) is 11.8 Å². The van der Waals surface area contributed by atoms with E-state index in [1.807, 2.05) is 13.0 Å². The second-order valence-corrected chi connectivity index (χ2v) is 4.54. The van der Waals surface area contributed by atoms with Crippen LogP contribution >= 0.6 is 12.6 Å². The van der Waals surface area contributed by atoms with Crippen molar-refractivity contribution < 1.29 is 4.39 Å². The molecule has 0 aliphatic carbocycles. The van der Waals surface area contributed by atoms with Gasteiger partial charge in [-0.25, -0.2) is 13.9 Å². The van der Waals surface area contributed by atoms with Crippen LogP contribution in [-0.2, 0) is 0 Å². The van der Waals surface area contributed by atoms with Crippen LogP contribution in [0.5, 0.6) is 0 Å². The maximum atomic E-state index is 12.9. The first-order valence-corrected chi connectivity index (χ1v) is 5.90. The van der Waals surface area contributed by atoms with E-state index < -0.39 is 0 Å². The lowest BCUT2D eigenvalue weighted by Crippen LogP contribution is -1.97. The van der Waals surface area contributed by atoms with Crippen molar-refractivity contribution in [2.24, 2.45) is 0 Å². The van der Waals surface area contributed by atoms with Crippen LogP contribution in [0.3, 0.4) is 0 Å². The first-order chi connectivity index (χ1) is 8.65. The van der Waals surface area contributed by atoms with Gasteiger partial charge in [0.05, 0.1) is 22.5 Å². The van der Waals surface area contributed by atoms with Gasteiger partial charge in [0.15, 0.2) is 5.65 Å². The number of aryl methyl sites for hydroxylation is 1. The summed E-state index contributed by atoms with van der Waals surface area (Å²) < 4.78 is 14.6. The summed E-state index contributed by atoms with van der Waals surface area (Å²) in [5, 5.41) is 4.41. The van der Waals surface area contributed by atoms with E-state index in [4.69, 9.17) is 0 Å². The van der Waals surface area contributed by atoms with Gasteiger partial charge in [-0.2, -0.15) is 5.10 Å². The maximum absolute atomic E-state index is 12.9. The predicted octanol–water partition coefficient (Wildman–Crippen LogP) is 3.13. The van der Waals surface area contributed by atoms with Crippen molar-refractivity contribution in [1.82, 2.24) is 14.6 Å². The SMILES string of the molecule is Cc1cc(S)c2ncc(-c3ccc(F)cc3)n2n1. The third-order valence-corrected chi connectivity index (χ3v) is 3.04. The third kappa shape index (κ3) is 1.76. The lowest BCUT2D eigenvalue weighted by molar-refractivity contribution is 0.628. The molecular weight excluding hydrogens is 249 g/mol. The van der Waals surface area contributed by atoms with Gasteiger partial charge in [-0.1, -0.05) is 0 Å². The molecule has 90 valence electrons. The summed E-state index contributed by atoms with van der Waals surface area (Å²) in [5.74, 6) is -0.258. The molecule has 0 atom stereocenters. The molecule has 2 heterocycles. The van der Waals surface area contributed by atoms with Crippen LogP contribution in [0.15, 0.2) is 41.4 Å². The zero-order chi connectivity index (χ0) is 12.7. The smallest absolute Gasteiger partial charge is 0.167 e. The van der Waals surface area contributed by atoms with E-state index >= 15 is 0 Å². The lowest BCUT2D eigenvalue weighted by atomic mass is 10.2. The minimum absolute atomic E-state index is 0.258. The largest absolute Gasteiger partial charge is 0.234 e. The average molecular weight is 259 g/mol. The fourth-order valence-electron chi connectivity index (χ4n) is 1.89. The van der Waals surface area contributed by atoms with Crippen LogP contribution in [0.4, 0.5) is 4.39 Å². The van der Waals surface area contributed by atoms with E-state index in [1.54, 1.807) is 22.8 Å². The van der Waals surface area contributed by atoms with Crippen LogP contribution in [0.1, 0.15) is 5.69 Å². The molecule has 3 aromatic rings. The Bertz CT molecular complexity index is 719. The van der Waals surface area contributed by atoms with Gasteiger partial charge >= 0.3 is 0 Å². The minimum atomic E-state index is -0.258. The van der Waals surface area contributed by atoms with Crippen LogP contribution in [-0.4, -0.2) is 14.6 Å². The van der Waals surface area contributed by atoms with Gasteiger partial charge in [-0.15, -0.1) is 12.6 Å². The number of rotatable bonds is 1. The summed E-state index contributed by atoms with van der Waals surface area (Å²) in [6, 6.07) is 8.13. The van der Waals surface area contributed by atoms with Crippen molar-refractivity contribution in [2.75, 3.05) is 0 Å². The van der Waals surface area contributed by atoms with Crippen molar-refractivity contribution in [3.8, 4) is 11.3 Å². The van der Waals surface area contributed by atoms with Gasteiger partial charge in [-0.3, -0.25) is 0 Å². The normalized spacial score (nSPS) is 11.1. The molecule has 0 saturated carbocycles. The number of hydrogen-bond acceptors (Lipinski definition) is 3. The molecule has 3 nitrogen and oxygen atoms in total. The van der Waals surface area contributed by atoms with E-state index in [0.29, 0.717) is 5.65 Å². The summed E-state index contributed by atoms with van der Waals surface area (Å²) >= 11 is 4.38. The molecule has 0 unspecified atom stereocenters. The number of aromatic nitrogens is 3. The maximum Gasteiger partial charge on any atom is 0.167 e. The number of hydrogen-bond donors (Lipinski definition) is 1. The monoisotopic (exact) mass is 259 g/mol. The van der Waals surface area contributed by atoms with Gasteiger partial charge in [0.1, 0.15) is 5.82 Å². The number of benzene rings is 1. The van der Waals surface area contributed by atoms with E-state index in [9.17, 15) is 4.39 Å². The summed E-state index contributed by atoms with van der Waals surface area (Å²) in [6.07, 6.45) is 1.72. The molecule has 0 aliphatic rings. The molecule has 0 spiro atoms. The quantitative estimate of drug-likeness (QED) is 0.680. The highest BCUT2D eigenvalue weighted by atomic mass is 32.1. The van der Waals surface area contributed by atoms with Gasteiger partial charge in [-0.05, 0) is 37.3 Å². The Hall–Kier alpha value is -1.88. The highest BCUT2D eigenvalue weighted by Crippen LogP contribution is 2.23. The van der Waals surface area contributed by atoms with Gasteiger partial charge in [0.2, 0.25) is 0 Å². The van der Waals surface area contributed by atoms with Crippen molar-refractivity contribution in [3.05, 3.63) is 48.0 Å². The van der Waals surface area contributed by atoms with E-state index in [2.05, 4.69) is 22.7 Å². The summed E-state index contributed by atoms with van der Waals surface area (Å²) in [5.41, 5.74) is 3.25. The minimum Gasteiger partial charge on any atom is -0.234 e. The highest BCUT2D eigenvalue weighted by molar-refractivity contribution is 7.80. The number of halogens is 1. The first kappa shape index (κ1) is 11.2. The summed E-state index contributed by atoms with van der Waals surface area (Å²) in [7, 11) is 0. The summed E-state index contributed by atoms with van der Waals surface area (Å²) in [4.78, 5) is 5.06. The van der Waals surface area contributed by atoms with E-state index in [0.717, 1.165) is 21.8 Å². The molecule has 0 bridgehead atoms. The molecule has 18 heavy (non-hydrogen) atoms. The van der Waals surface area contributed by atoms with Crippen LogP contribution in [0, 0.1) is 12.7 Å². The molecule has 0 radical (unpaired) electrons. The number of thiol groups is 1. The van der Waals surface area contributed by atoms with Crippen LogP contribution < -0.4 is 0 Å². The van der Waals surface area contributed by atoms with Crippen molar-refractivity contribution in [1.29, 1.82) is 0 Å². The van der Waals surface area contributed by atoms with E-state index in [1.165, 1.54) is 12.1 Å². The molecule has 0 saturated heterocycles. The Balaban J connectivity index is 2.27. The molecule has 1 aromatic carbocycles. The molecule has 2 aromatic heterocycles. The lowest BCUT2D eigenvalue weighted by Gasteiger charge is -2.03. The molecule has 0 aliphatic heterocycles. The number of nitrogens with zero attached hydrogens (tertiary/aromatic N) is 3. The number of fused-ring (bicyclic) bond motifs is 1. The fourth-order valence-corrected chi connectivity index (χ4v) is 2.23.